The molecule has 1 saturated heterocycles. The Morgan fingerprint density at radius 1 is 1.35 bits per heavy atom. The van der Waals surface area contributed by atoms with Crippen LogP contribution in [0, 0.1) is 0 Å². The molecule has 0 amide bonds. The molecule has 3 rings (SSSR count). The summed E-state index contributed by atoms with van der Waals surface area (Å²) >= 11 is 3.41. The number of hydrogen-bond acceptors (Lipinski definition) is 4. The predicted molar refractivity (Wildman–Crippen MR) is 75.3 cm³/mol. The third-order valence-electron chi connectivity index (χ3n) is 3.31. The highest BCUT2D eigenvalue weighted by Crippen LogP contribution is 2.31. The summed E-state index contributed by atoms with van der Waals surface area (Å²) in [5, 5.41) is 9.38. The second-order valence-corrected chi connectivity index (χ2v) is 5.57. The van der Waals surface area contributed by atoms with Crippen LogP contribution in [0.2, 0.25) is 0 Å². The highest BCUT2D eigenvalue weighted by molar-refractivity contribution is 9.10. The minimum atomic E-state index is -1.11. The number of aliphatic carboxylic acids is 1. The monoisotopic (exact) mass is 334 g/mol. The molecule has 1 N–H and O–H groups in total. The van der Waals surface area contributed by atoms with Crippen molar-refractivity contribution in [2.24, 2.45) is 0 Å². The van der Waals surface area contributed by atoms with Gasteiger partial charge in [0.2, 0.25) is 0 Å². The summed E-state index contributed by atoms with van der Waals surface area (Å²) in [7, 11) is 0. The van der Waals surface area contributed by atoms with E-state index in [1.807, 2.05) is 24.3 Å². The van der Waals surface area contributed by atoms with Gasteiger partial charge in [-0.15, -0.1) is 0 Å². The van der Waals surface area contributed by atoms with Crippen molar-refractivity contribution in [2.45, 2.75) is 5.41 Å². The van der Waals surface area contributed by atoms with E-state index in [1.165, 1.54) is 0 Å². The number of ether oxygens (including phenoxy) is 1. The lowest BCUT2D eigenvalue weighted by Crippen LogP contribution is -2.54. The van der Waals surface area contributed by atoms with E-state index in [2.05, 4.69) is 25.9 Å². The van der Waals surface area contributed by atoms with Crippen molar-refractivity contribution in [3.05, 3.63) is 46.8 Å². The fourth-order valence-corrected chi connectivity index (χ4v) is 2.45. The zero-order valence-corrected chi connectivity index (χ0v) is 12.0. The molecule has 102 valence electrons. The second-order valence-electron chi connectivity index (χ2n) is 4.66. The Kier molecular flexibility index (Phi) is 3.27. The molecule has 20 heavy (non-hydrogen) atoms. The summed E-state index contributed by atoms with van der Waals surface area (Å²) in [6.45, 7) is 0.231. The second kappa shape index (κ2) is 4.96. The van der Waals surface area contributed by atoms with Crippen LogP contribution in [-0.4, -0.2) is 34.3 Å². The van der Waals surface area contributed by atoms with Crippen molar-refractivity contribution < 1.29 is 14.6 Å². The average Bonchev–Trinajstić information content (AvgIpc) is 2.37. The van der Waals surface area contributed by atoms with Crippen molar-refractivity contribution in [3.8, 4) is 11.3 Å². The van der Waals surface area contributed by atoms with Crippen LogP contribution < -0.4 is 0 Å². The Bertz CT molecular complexity index is 671. The van der Waals surface area contributed by atoms with Gasteiger partial charge < -0.3 is 9.84 Å². The van der Waals surface area contributed by atoms with Crippen LogP contribution in [0.5, 0.6) is 0 Å². The van der Waals surface area contributed by atoms with Gasteiger partial charge in [-0.1, -0.05) is 28.1 Å². The Balaban J connectivity index is 2.04. The number of halogens is 1. The topological polar surface area (TPSA) is 72.3 Å². The SMILES string of the molecule is O=C(O)C1(c2nccc(-c3cccc(Br)c3)n2)COC1. The van der Waals surface area contributed by atoms with Crippen LogP contribution in [0.4, 0.5) is 0 Å². The molecule has 0 radical (unpaired) electrons. The standard InChI is InChI=1S/C14H11BrN2O3/c15-10-3-1-2-9(6-10)11-4-5-16-12(17-11)14(13(18)19)7-20-8-14/h1-6H,7-8H2,(H,18,19). The Morgan fingerprint density at radius 3 is 2.75 bits per heavy atom. The summed E-state index contributed by atoms with van der Waals surface area (Å²) in [6.07, 6.45) is 1.58. The summed E-state index contributed by atoms with van der Waals surface area (Å²) in [5.74, 6) is -0.649. The molecule has 1 fully saturated rings. The van der Waals surface area contributed by atoms with Crippen LogP contribution in [-0.2, 0) is 14.9 Å². The van der Waals surface area contributed by atoms with Gasteiger partial charge in [0.15, 0.2) is 11.2 Å². The normalized spacial score (nSPS) is 16.4. The quantitative estimate of drug-likeness (QED) is 0.932. The third kappa shape index (κ3) is 2.10. The molecule has 1 aromatic heterocycles. The van der Waals surface area contributed by atoms with E-state index in [1.54, 1.807) is 12.3 Å². The molecule has 0 bridgehead atoms. The first-order valence-corrected chi connectivity index (χ1v) is 6.82. The first-order valence-electron chi connectivity index (χ1n) is 6.02. The molecule has 0 unspecified atom stereocenters. The maximum atomic E-state index is 11.4. The van der Waals surface area contributed by atoms with E-state index in [0.717, 1.165) is 10.0 Å². The zero-order chi connectivity index (χ0) is 14.2. The fraction of sp³-hybridized carbons (Fsp3) is 0.214. The molecule has 2 aromatic rings. The average molecular weight is 335 g/mol. The highest BCUT2D eigenvalue weighted by Gasteiger charge is 2.50. The van der Waals surface area contributed by atoms with Crippen molar-refractivity contribution in [2.75, 3.05) is 13.2 Å². The van der Waals surface area contributed by atoms with Crippen molar-refractivity contribution in [1.82, 2.24) is 9.97 Å². The predicted octanol–water partition coefficient (Wildman–Crippen LogP) is 2.26. The molecule has 1 aromatic carbocycles. The summed E-state index contributed by atoms with van der Waals surface area (Å²) in [6, 6.07) is 9.43. The highest BCUT2D eigenvalue weighted by atomic mass is 79.9. The van der Waals surface area contributed by atoms with Gasteiger partial charge in [0, 0.05) is 16.2 Å². The number of rotatable bonds is 3. The number of nitrogens with zero attached hydrogens (tertiary/aromatic N) is 2. The molecular formula is C14H11BrN2O3. The van der Waals surface area contributed by atoms with Crippen molar-refractivity contribution in [3.63, 3.8) is 0 Å². The fourth-order valence-electron chi connectivity index (χ4n) is 2.05. The first-order chi connectivity index (χ1) is 9.62. The van der Waals surface area contributed by atoms with Gasteiger partial charge in [0.25, 0.3) is 0 Å². The maximum Gasteiger partial charge on any atom is 0.322 e. The molecule has 0 spiro atoms. The van der Waals surface area contributed by atoms with Gasteiger partial charge in [0.1, 0.15) is 0 Å². The van der Waals surface area contributed by atoms with Crippen LogP contribution in [0.3, 0.4) is 0 Å². The molecule has 6 heteroatoms. The number of carboxylic acid groups (broad SMARTS) is 1. The van der Waals surface area contributed by atoms with Crippen LogP contribution in [0.15, 0.2) is 41.0 Å². The molecule has 5 nitrogen and oxygen atoms in total. The Labute approximate surface area is 123 Å². The maximum absolute atomic E-state index is 11.4. The summed E-state index contributed by atoms with van der Waals surface area (Å²) in [4.78, 5) is 20.0. The number of benzene rings is 1. The van der Waals surface area contributed by atoms with Gasteiger partial charge >= 0.3 is 5.97 Å². The number of hydrogen-bond donors (Lipinski definition) is 1. The smallest absolute Gasteiger partial charge is 0.322 e. The number of carboxylic acids is 1. The van der Waals surface area contributed by atoms with Crippen molar-refractivity contribution >= 4 is 21.9 Å². The van der Waals surface area contributed by atoms with Crippen LogP contribution in [0.25, 0.3) is 11.3 Å². The molecule has 1 aliphatic heterocycles. The lowest BCUT2D eigenvalue weighted by atomic mass is 9.85. The van der Waals surface area contributed by atoms with Crippen LogP contribution >= 0.6 is 15.9 Å². The van der Waals surface area contributed by atoms with Gasteiger partial charge in [0.05, 0.1) is 18.9 Å². The molecule has 1 aliphatic rings. The van der Waals surface area contributed by atoms with E-state index in [9.17, 15) is 9.90 Å². The molecule has 0 saturated carbocycles. The molecule has 0 atom stereocenters. The van der Waals surface area contributed by atoms with E-state index < -0.39 is 11.4 Å². The van der Waals surface area contributed by atoms with E-state index in [4.69, 9.17) is 4.74 Å². The zero-order valence-electron chi connectivity index (χ0n) is 10.4. The van der Waals surface area contributed by atoms with Gasteiger partial charge in [-0.2, -0.15) is 0 Å². The third-order valence-corrected chi connectivity index (χ3v) is 3.80. The number of carbonyl (C=O) groups is 1. The Hall–Kier alpha value is -1.79. The number of aromatic nitrogens is 2. The largest absolute Gasteiger partial charge is 0.480 e. The van der Waals surface area contributed by atoms with Crippen molar-refractivity contribution in [1.29, 1.82) is 0 Å². The van der Waals surface area contributed by atoms with Crippen LogP contribution in [0.1, 0.15) is 5.82 Å². The van der Waals surface area contributed by atoms with Gasteiger partial charge in [-0.3, -0.25) is 4.79 Å². The lowest BCUT2D eigenvalue weighted by Gasteiger charge is -2.35. The van der Waals surface area contributed by atoms with E-state index in [-0.39, 0.29) is 13.2 Å². The Morgan fingerprint density at radius 2 is 2.15 bits per heavy atom. The minimum Gasteiger partial charge on any atom is -0.480 e. The van der Waals surface area contributed by atoms with E-state index in [0.29, 0.717) is 11.5 Å². The molecular weight excluding hydrogens is 324 g/mol. The molecule has 2 heterocycles. The molecule has 0 aliphatic carbocycles. The van der Waals surface area contributed by atoms with E-state index >= 15 is 0 Å². The minimum absolute atomic E-state index is 0.115. The van der Waals surface area contributed by atoms with Gasteiger partial charge in [-0.25, -0.2) is 9.97 Å². The summed E-state index contributed by atoms with van der Waals surface area (Å²) < 4.78 is 5.99. The summed E-state index contributed by atoms with van der Waals surface area (Å²) in [5.41, 5.74) is 0.495. The lowest BCUT2D eigenvalue weighted by molar-refractivity contribution is -0.164. The van der Waals surface area contributed by atoms with Gasteiger partial charge in [-0.05, 0) is 18.2 Å². The first kappa shape index (κ1) is 13.2.